The van der Waals surface area contributed by atoms with E-state index in [9.17, 15) is 9.59 Å². The van der Waals surface area contributed by atoms with Crippen molar-refractivity contribution in [3.05, 3.63) is 71.4 Å². The molecule has 7 heteroatoms. The molecule has 6 nitrogen and oxygen atoms in total. The van der Waals surface area contributed by atoms with Crippen molar-refractivity contribution < 1.29 is 14.3 Å². The molecule has 154 valence electrons. The summed E-state index contributed by atoms with van der Waals surface area (Å²) in [5, 5.41) is 7.96. The Hall–Kier alpha value is -3.12. The second kappa shape index (κ2) is 9.13. The van der Waals surface area contributed by atoms with E-state index in [-0.39, 0.29) is 18.9 Å². The molecule has 1 fully saturated rings. The Morgan fingerprint density at radius 3 is 2.53 bits per heavy atom. The predicted octanol–water partition coefficient (Wildman–Crippen LogP) is 3.80. The normalized spacial score (nSPS) is 13.1. The average Bonchev–Trinajstić information content (AvgIpc) is 3.51. The summed E-state index contributed by atoms with van der Waals surface area (Å²) in [6.07, 6.45) is 4.15. The minimum atomic E-state index is -0.409. The van der Waals surface area contributed by atoms with Crippen LogP contribution >= 0.6 is 11.6 Å². The summed E-state index contributed by atoms with van der Waals surface area (Å²) in [7, 11) is 0. The van der Waals surface area contributed by atoms with Gasteiger partial charge < -0.3 is 10.1 Å². The Kier molecular flexibility index (Phi) is 6.14. The molecule has 0 saturated heterocycles. The van der Waals surface area contributed by atoms with E-state index in [4.69, 9.17) is 16.3 Å². The van der Waals surface area contributed by atoms with Crippen molar-refractivity contribution in [1.29, 1.82) is 0 Å². The number of hydrogen-bond acceptors (Lipinski definition) is 4. The topological polar surface area (TPSA) is 73.2 Å². The van der Waals surface area contributed by atoms with E-state index in [0.717, 1.165) is 29.7 Å². The Balaban J connectivity index is 1.48. The number of carbonyl (C=O) groups excluding carboxylic acids is 2. The number of nitrogens with one attached hydrogen (secondary N) is 1. The highest BCUT2D eigenvalue weighted by atomic mass is 35.5. The van der Waals surface area contributed by atoms with Crippen molar-refractivity contribution in [3.63, 3.8) is 0 Å². The van der Waals surface area contributed by atoms with Crippen molar-refractivity contribution in [2.45, 2.75) is 19.3 Å². The number of para-hydroxylation sites is 1. The zero-order chi connectivity index (χ0) is 20.9. The van der Waals surface area contributed by atoms with Crippen LogP contribution in [0.3, 0.4) is 0 Å². The van der Waals surface area contributed by atoms with Crippen LogP contribution in [0.1, 0.15) is 18.4 Å². The largest absolute Gasteiger partial charge is 0.464 e. The first-order chi connectivity index (χ1) is 14.6. The van der Waals surface area contributed by atoms with Crippen LogP contribution in [0, 0.1) is 5.92 Å². The van der Waals surface area contributed by atoms with E-state index in [2.05, 4.69) is 10.4 Å². The SMILES string of the molecule is O=C(Cc1cn(-c2ccccc2)nc1-c1ccc(Cl)cc1)NCC(=O)OCC1CC1. The molecule has 2 aromatic carbocycles. The molecule has 0 aliphatic heterocycles. The zero-order valence-corrected chi connectivity index (χ0v) is 17.1. The second-order valence-electron chi connectivity index (χ2n) is 7.37. The number of hydrogen-bond donors (Lipinski definition) is 1. The van der Waals surface area contributed by atoms with E-state index in [0.29, 0.717) is 23.2 Å². The third-order valence-corrected chi connectivity index (χ3v) is 5.14. The summed E-state index contributed by atoms with van der Waals surface area (Å²) in [5.41, 5.74) is 3.20. The van der Waals surface area contributed by atoms with Crippen molar-refractivity contribution in [1.82, 2.24) is 15.1 Å². The maximum atomic E-state index is 12.5. The number of rotatable bonds is 8. The molecule has 1 heterocycles. The van der Waals surface area contributed by atoms with Gasteiger partial charge in [0.05, 0.1) is 24.4 Å². The minimum Gasteiger partial charge on any atom is -0.464 e. The lowest BCUT2D eigenvalue weighted by Crippen LogP contribution is -2.32. The first-order valence-corrected chi connectivity index (χ1v) is 10.3. The Labute approximate surface area is 179 Å². The van der Waals surface area contributed by atoms with Gasteiger partial charge in [0.25, 0.3) is 0 Å². The number of esters is 1. The Bertz CT molecular complexity index is 1030. The highest BCUT2D eigenvalue weighted by molar-refractivity contribution is 6.30. The average molecular weight is 424 g/mol. The van der Waals surface area contributed by atoms with Crippen LogP contribution in [-0.2, 0) is 20.7 Å². The fourth-order valence-electron chi connectivity index (χ4n) is 3.06. The first kappa shape index (κ1) is 20.2. The van der Waals surface area contributed by atoms with Crippen LogP contribution in [0.25, 0.3) is 16.9 Å². The van der Waals surface area contributed by atoms with Crippen molar-refractivity contribution in [2.24, 2.45) is 5.92 Å². The molecular weight excluding hydrogens is 402 g/mol. The third kappa shape index (κ3) is 5.27. The van der Waals surface area contributed by atoms with Crippen molar-refractivity contribution in [3.8, 4) is 16.9 Å². The van der Waals surface area contributed by atoms with Gasteiger partial charge >= 0.3 is 5.97 Å². The number of benzene rings is 2. The van der Waals surface area contributed by atoms with Crippen LogP contribution in [0.5, 0.6) is 0 Å². The van der Waals surface area contributed by atoms with Gasteiger partial charge in [-0.05, 0) is 43.0 Å². The Morgan fingerprint density at radius 1 is 1.10 bits per heavy atom. The molecule has 30 heavy (non-hydrogen) atoms. The molecule has 1 amide bonds. The maximum absolute atomic E-state index is 12.5. The smallest absolute Gasteiger partial charge is 0.325 e. The van der Waals surface area contributed by atoms with Crippen molar-refractivity contribution in [2.75, 3.05) is 13.2 Å². The lowest BCUT2D eigenvalue weighted by atomic mass is 10.1. The zero-order valence-electron chi connectivity index (χ0n) is 16.4. The van der Waals surface area contributed by atoms with Crippen LogP contribution in [0.2, 0.25) is 5.02 Å². The Morgan fingerprint density at radius 2 is 1.83 bits per heavy atom. The number of carbonyl (C=O) groups is 2. The molecule has 0 spiro atoms. The van der Waals surface area contributed by atoms with E-state index in [1.165, 1.54) is 0 Å². The van der Waals surface area contributed by atoms with Gasteiger partial charge in [-0.25, -0.2) is 4.68 Å². The highest BCUT2D eigenvalue weighted by Crippen LogP contribution is 2.28. The van der Waals surface area contributed by atoms with Gasteiger partial charge in [0.15, 0.2) is 0 Å². The summed E-state index contributed by atoms with van der Waals surface area (Å²) in [6, 6.07) is 17.0. The molecule has 3 aromatic rings. The van der Waals surface area contributed by atoms with Gasteiger partial charge in [-0.1, -0.05) is 41.9 Å². The fourth-order valence-corrected chi connectivity index (χ4v) is 3.18. The fraction of sp³-hybridized carbons (Fsp3) is 0.261. The van der Waals surface area contributed by atoms with Crippen LogP contribution < -0.4 is 5.32 Å². The number of amides is 1. The van der Waals surface area contributed by atoms with Gasteiger partial charge in [-0.3, -0.25) is 9.59 Å². The standard InChI is InChI=1S/C23H22ClN3O3/c24-19-10-8-17(9-11-19)23-18(14-27(26-23)20-4-2-1-3-5-20)12-21(28)25-13-22(29)30-15-16-6-7-16/h1-5,8-11,14,16H,6-7,12-13,15H2,(H,25,28). The van der Waals surface area contributed by atoms with E-state index < -0.39 is 5.97 Å². The summed E-state index contributed by atoms with van der Waals surface area (Å²) in [4.78, 5) is 24.2. The predicted molar refractivity (Wildman–Crippen MR) is 114 cm³/mol. The van der Waals surface area contributed by atoms with E-state index >= 15 is 0 Å². The van der Waals surface area contributed by atoms with Crippen molar-refractivity contribution >= 4 is 23.5 Å². The molecule has 0 atom stereocenters. The van der Waals surface area contributed by atoms with Gasteiger partial charge in [0.1, 0.15) is 6.54 Å². The summed E-state index contributed by atoms with van der Waals surface area (Å²) < 4.78 is 6.90. The third-order valence-electron chi connectivity index (χ3n) is 4.89. The van der Waals surface area contributed by atoms with Crippen LogP contribution in [-0.4, -0.2) is 34.8 Å². The highest BCUT2D eigenvalue weighted by Gasteiger charge is 2.23. The molecule has 4 rings (SSSR count). The molecule has 1 aliphatic rings. The quantitative estimate of drug-likeness (QED) is 0.559. The molecule has 1 aliphatic carbocycles. The number of halogens is 1. The van der Waals surface area contributed by atoms with Gasteiger partial charge in [-0.2, -0.15) is 5.10 Å². The second-order valence-corrected chi connectivity index (χ2v) is 7.81. The van der Waals surface area contributed by atoms with Crippen LogP contribution in [0.4, 0.5) is 0 Å². The minimum absolute atomic E-state index is 0.0979. The molecular formula is C23H22ClN3O3. The van der Waals surface area contributed by atoms with E-state index in [1.807, 2.05) is 48.7 Å². The lowest BCUT2D eigenvalue weighted by Gasteiger charge is -2.06. The summed E-state index contributed by atoms with van der Waals surface area (Å²) in [5.74, 6) is -0.176. The number of nitrogens with zero attached hydrogens (tertiary/aromatic N) is 2. The van der Waals surface area contributed by atoms with Gasteiger partial charge in [0.2, 0.25) is 5.91 Å². The van der Waals surface area contributed by atoms with E-state index in [1.54, 1.807) is 16.8 Å². The molecule has 1 saturated carbocycles. The summed E-state index contributed by atoms with van der Waals surface area (Å²) >= 11 is 6.01. The number of ether oxygens (including phenoxy) is 1. The van der Waals surface area contributed by atoms with Gasteiger partial charge in [0, 0.05) is 22.3 Å². The molecule has 0 bridgehead atoms. The van der Waals surface area contributed by atoms with Crippen LogP contribution in [0.15, 0.2) is 60.8 Å². The molecule has 0 unspecified atom stereocenters. The van der Waals surface area contributed by atoms with Gasteiger partial charge in [-0.15, -0.1) is 0 Å². The first-order valence-electron chi connectivity index (χ1n) is 9.91. The monoisotopic (exact) mass is 423 g/mol. The molecule has 1 aromatic heterocycles. The number of aromatic nitrogens is 2. The maximum Gasteiger partial charge on any atom is 0.325 e. The molecule has 1 N–H and O–H groups in total. The molecule has 0 radical (unpaired) electrons. The lowest BCUT2D eigenvalue weighted by molar-refractivity contribution is -0.144. The summed E-state index contributed by atoms with van der Waals surface area (Å²) in [6.45, 7) is 0.313.